The van der Waals surface area contributed by atoms with Crippen LogP contribution in [0.2, 0.25) is 0 Å². The second kappa shape index (κ2) is 28.7. The first kappa shape index (κ1) is 26.5. The number of unbranched alkanes of at least 4 members (excludes halogenated alkanes) is 9. The summed E-state index contributed by atoms with van der Waals surface area (Å²) in [5.41, 5.74) is 0. The number of alkyl halides is 2. The van der Waals surface area contributed by atoms with Crippen molar-refractivity contribution in [3.63, 3.8) is 0 Å². The van der Waals surface area contributed by atoms with Crippen LogP contribution < -0.4 is 0 Å². The summed E-state index contributed by atoms with van der Waals surface area (Å²) in [4.78, 5) is -0.151. The van der Waals surface area contributed by atoms with E-state index in [9.17, 15) is 0 Å². The van der Waals surface area contributed by atoms with E-state index in [-0.39, 0.29) is 4.84 Å². The van der Waals surface area contributed by atoms with Crippen molar-refractivity contribution < 1.29 is 0 Å². The molecule has 0 aromatic heterocycles. The fraction of sp³-hybridized carbons (Fsp3) is 1.00. The van der Waals surface area contributed by atoms with Gasteiger partial charge in [-0.05, 0) is 6.42 Å². The minimum Gasteiger partial charge on any atom is -0.105 e. The van der Waals surface area contributed by atoms with Gasteiger partial charge in [-0.1, -0.05) is 112 Å². The molecule has 2 heteroatoms. The summed E-state index contributed by atoms with van der Waals surface area (Å²) in [7, 11) is 0. The zero-order chi connectivity index (χ0) is 16.8. The first-order valence-corrected chi connectivity index (χ1v) is 10.3. The molecule has 0 fully saturated rings. The normalized spacial score (nSPS) is 9.71. The SMILES string of the molecule is CCCCCC.CCCCCC.CCCCCCC(Cl)Cl. The highest BCUT2D eigenvalue weighted by atomic mass is 35.5. The molecule has 0 aliphatic heterocycles. The molecular weight excluding hydrogens is 299 g/mol. The van der Waals surface area contributed by atoms with Crippen LogP contribution in [0.3, 0.4) is 0 Å². The van der Waals surface area contributed by atoms with Crippen LogP contribution in [0.15, 0.2) is 0 Å². The highest BCUT2D eigenvalue weighted by Gasteiger charge is 1.96. The molecule has 0 heterocycles. The van der Waals surface area contributed by atoms with E-state index >= 15 is 0 Å². The maximum Gasteiger partial charge on any atom is 0.107 e. The Labute approximate surface area is 146 Å². The van der Waals surface area contributed by atoms with Crippen LogP contribution in [0.25, 0.3) is 0 Å². The van der Waals surface area contributed by atoms with Gasteiger partial charge in [-0.25, -0.2) is 0 Å². The van der Waals surface area contributed by atoms with Crippen LogP contribution in [0, 0.1) is 0 Å². The summed E-state index contributed by atoms with van der Waals surface area (Å²) in [6.07, 6.45) is 17.0. The van der Waals surface area contributed by atoms with Gasteiger partial charge in [-0.15, -0.1) is 23.2 Å². The van der Waals surface area contributed by atoms with E-state index in [1.807, 2.05) is 0 Å². The van der Waals surface area contributed by atoms with Crippen molar-refractivity contribution in [2.45, 2.75) is 123 Å². The Balaban J connectivity index is -0.000000240. The summed E-state index contributed by atoms with van der Waals surface area (Å²) < 4.78 is 0. The Morgan fingerprint density at radius 2 is 0.762 bits per heavy atom. The summed E-state index contributed by atoms with van der Waals surface area (Å²) in [6.45, 7) is 11.1. The molecular formula is C19H42Cl2. The lowest BCUT2D eigenvalue weighted by Crippen LogP contribution is -1.85. The number of halogens is 2. The van der Waals surface area contributed by atoms with Crippen molar-refractivity contribution in [3.8, 4) is 0 Å². The quantitative estimate of drug-likeness (QED) is 0.260. The molecule has 0 nitrogen and oxygen atoms in total. The third-order valence-corrected chi connectivity index (χ3v) is 3.63. The molecule has 0 atom stereocenters. The topological polar surface area (TPSA) is 0 Å². The molecule has 0 spiro atoms. The summed E-state index contributed by atoms with van der Waals surface area (Å²) in [5.74, 6) is 0. The molecule has 0 N–H and O–H groups in total. The minimum absolute atomic E-state index is 0.151. The van der Waals surface area contributed by atoms with Crippen LogP contribution in [0.1, 0.15) is 118 Å². The molecule has 0 aliphatic rings. The molecule has 0 radical (unpaired) electrons. The molecule has 0 aromatic carbocycles. The Hall–Kier alpha value is 0.580. The van der Waals surface area contributed by atoms with Gasteiger partial charge in [0.2, 0.25) is 0 Å². The first-order chi connectivity index (χ1) is 10.1. The largest absolute Gasteiger partial charge is 0.107 e. The second-order valence-electron chi connectivity index (χ2n) is 5.65. The lowest BCUT2D eigenvalue weighted by Gasteiger charge is -1.98. The van der Waals surface area contributed by atoms with Crippen molar-refractivity contribution in [2.24, 2.45) is 0 Å². The summed E-state index contributed by atoms with van der Waals surface area (Å²) >= 11 is 11.0. The predicted molar refractivity (Wildman–Crippen MR) is 104 cm³/mol. The highest BCUT2D eigenvalue weighted by molar-refractivity contribution is 6.44. The average Bonchev–Trinajstić information content (AvgIpc) is 2.48. The van der Waals surface area contributed by atoms with Crippen molar-refractivity contribution in [1.29, 1.82) is 0 Å². The van der Waals surface area contributed by atoms with Gasteiger partial charge >= 0.3 is 0 Å². The van der Waals surface area contributed by atoms with E-state index in [0.29, 0.717) is 0 Å². The Morgan fingerprint density at radius 1 is 0.476 bits per heavy atom. The second-order valence-corrected chi connectivity index (χ2v) is 6.93. The van der Waals surface area contributed by atoms with Crippen molar-refractivity contribution in [2.75, 3.05) is 0 Å². The monoisotopic (exact) mass is 340 g/mol. The van der Waals surface area contributed by atoms with E-state index in [0.717, 1.165) is 6.42 Å². The number of hydrogen-bond donors (Lipinski definition) is 0. The summed E-state index contributed by atoms with van der Waals surface area (Å²) in [6, 6.07) is 0. The van der Waals surface area contributed by atoms with Gasteiger partial charge in [-0.3, -0.25) is 0 Å². The van der Waals surface area contributed by atoms with Gasteiger partial charge in [0.15, 0.2) is 0 Å². The standard InChI is InChI=1S/C7H14Cl2.2C6H14/c1-2-3-4-5-6-7(8)9;2*1-3-5-6-4-2/h7H,2-6H2,1H3;2*3-6H2,1-2H3. The fourth-order valence-electron chi connectivity index (χ4n) is 1.73. The molecule has 0 saturated carbocycles. The Morgan fingerprint density at radius 3 is 1.00 bits per heavy atom. The van der Waals surface area contributed by atoms with Gasteiger partial charge in [0, 0.05) is 0 Å². The predicted octanol–water partition coefficient (Wildman–Crippen LogP) is 8.93. The van der Waals surface area contributed by atoms with E-state index < -0.39 is 0 Å². The van der Waals surface area contributed by atoms with E-state index in [1.54, 1.807) is 0 Å². The molecule has 132 valence electrons. The van der Waals surface area contributed by atoms with E-state index in [1.165, 1.54) is 77.0 Å². The van der Waals surface area contributed by atoms with Crippen LogP contribution in [-0.4, -0.2) is 4.84 Å². The molecule has 0 saturated heterocycles. The molecule has 0 aliphatic carbocycles. The maximum absolute atomic E-state index is 5.52. The minimum atomic E-state index is -0.151. The maximum atomic E-state index is 5.52. The molecule has 0 amide bonds. The van der Waals surface area contributed by atoms with Crippen molar-refractivity contribution in [3.05, 3.63) is 0 Å². The van der Waals surface area contributed by atoms with E-state index in [2.05, 4.69) is 34.6 Å². The van der Waals surface area contributed by atoms with Gasteiger partial charge in [-0.2, -0.15) is 0 Å². The number of hydrogen-bond acceptors (Lipinski definition) is 0. The van der Waals surface area contributed by atoms with Gasteiger partial charge in [0.25, 0.3) is 0 Å². The lowest BCUT2D eigenvalue weighted by molar-refractivity contribution is 0.650. The van der Waals surface area contributed by atoms with Crippen LogP contribution in [-0.2, 0) is 0 Å². The van der Waals surface area contributed by atoms with Crippen molar-refractivity contribution >= 4 is 23.2 Å². The third kappa shape index (κ3) is 44.9. The molecule has 0 unspecified atom stereocenters. The van der Waals surface area contributed by atoms with Gasteiger partial charge < -0.3 is 0 Å². The van der Waals surface area contributed by atoms with Crippen LogP contribution >= 0.6 is 23.2 Å². The Kier molecular flexibility index (Phi) is 36.2. The van der Waals surface area contributed by atoms with E-state index in [4.69, 9.17) is 23.2 Å². The smallest absolute Gasteiger partial charge is 0.105 e. The highest BCUT2D eigenvalue weighted by Crippen LogP contribution is 2.12. The summed E-state index contributed by atoms with van der Waals surface area (Å²) in [5, 5.41) is 0. The fourth-order valence-corrected chi connectivity index (χ4v) is 2.03. The van der Waals surface area contributed by atoms with Gasteiger partial charge in [0.1, 0.15) is 4.84 Å². The zero-order valence-electron chi connectivity index (χ0n) is 15.5. The van der Waals surface area contributed by atoms with Crippen LogP contribution in [0.5, 0.6) is 0 Å². The molecule has 0 rings (SSSR count). The molecule has 21 heavy (non-hydrogen) atoms. The number of rotatable bonds is 11. The molecule has 0 aromatic rings. The third-order valence-electron chi connectivity index (χ3n) is 3.19. The molecule has 0 bridgehead atoms. The first-order valence-electron chi connectivity index (χ1n) is 9.38. The zero-order valence-corrected chi connectivity index (χ0v) is 17.0. The lowest BCUT2D eigenvalue weighted by atomic mass is 10.2. The van der Waals surface area contributed by atoms with Crippen LogP contribution in [0.4, 0.5) is 0 Å². The average molecular weight is 341 g/mol. The van der Waals surface area contributed by atoms with Crippen molar-refractivity contribution in [1.82, 2.24) is 0 Å². The van der Waals surface area contributed by atoms with Gasteiger partial charge in [0.05, 0.1) is 0 Å². The Bertz CT molecular complexity index is 120.